The lowest BCUT2D eigenvalue weighted by Gasteiger charge is -2.08. The largest absolute Gasteiger partial charge is 0.469 e. The second kappa shape index (κ2) is 4.36. The molecular formula is C12H15NO2. The van der Waals surface area contributed by atoms with E-state index in [0.717, 1.165) is 24.4 Å². The summed E-state index contributed by atoms with van der Waals surface area (Å²) in [5, 5.41) is 9.14. The Hall–Kier alpha value is -1.48. The molecular weight excluding hydrogens is 190 g/mol. The number of rotatable bonds is 4. The normalized spacial score (nSPS) is 10.8. The number of furan rings is 1. The van der Waals surface area contributed by atoms with Gasteiger partial charge in [0.1, 0.15) is 5.76 Å². The molecule has 0 aliphatic heterocycles. The van der Waals surface area contributed by atoms with E-state index in [9.17, 15) is 0 Å². The molecule has 0 saturated heterocycles. The highest BCUT2D eigenvalue weighted by Gasteiger charge is 2.07. The van der Waals surface area contributed by atoms with Gasteiger partial charge in [-0.3, -0.25) is 0 Å². The van der Waals surface area contributed by atoms with Crippen molar-refractivity contribution in [3.8, 4) is 0 Å². The molecule has 2 aromatic heterocycles. The lowest BCUT2D eigenvalue weighted by atomic mass is 10.2. The van der Waals surface area contributed by atoms with Crippen molar-refractivity contribution in [2.45, 2.75) is 26.5 Å². The first-order valence-electron chi connectivity index (χ1n) is 5.15. The van der Waals surface area contributed by atoms with Gasteiger partial charge in [-0.1, -0.05) is 0 Å². The third kappa shape index (κ3) is 1.97. The van der Waals surface area contributed by atoms with Crippen molar-refractivity contribution >= 4 is 0 Å². The predicted molar refractivity (Wildman–Crippen MR) is 57.5 cm³/mol. The van der Waals surface area contributed by atoms with Gasteiger partial charge in [-0.2, -0.15) is 0 Å². The highest BCUT2D eigenvalue weighted by Crippen LogP contribution is 2.14. The van der Waals surface area contributed by atoms with Crippen LogP contribution in [0.4, 0.5) is 0 Å². The summed E-state index contributed by atoms with van der Waals surface area (Å²) < 4.78 is 7.42. The van der Waals surface area contributed by atoms with E-state index in [1.54, 1.807) is 6.26 Å². The molecule has 2 aromatic rings. The van der Waals surface area contributed by atoms with Crippen LogP contribution in [-0.4, -0.2) is 9.67 Å². The van der Waals surface area contributed by atoms with Crippen molar-refractivity contribution in [1.82, 2.24) is 4.57 Å². The quantitative estimate of drug-likeness (QED) is 0.830. The minimum atomic E-state index is 0.0893. The van der Waals surface area contributed by atoms with E-state index >= 15 is 0 Å². The van der Waals surface area contributed by atoms with E-state index in [4.69, 9.17) is 9.52 Å². The molecule has 0 fully saturated rings. The first-order chi connectivity index (χ1) is 7.35. The zero-order chi connectivity index (χ0) is 10.7. The molecule has 0 amide bonds. The Labute approximate surface area is 89.0 Å². The smallest absolute Gasteiger partial charge is 0.109 e. The van der Waals surface area contributed by atoms with Crippen LogP contribution in [0, 0.1) is 0 Å². The summed E-state index contributed by atoms with van der Waals surface area (Å²) >= 11 is 0. The zero-order valence-electron chi connectivity index (χ0n) is 8.81. The Kier molecular flexibility index (Phi) is 2.92. The molecule has 15 heavy (non-hydrogen) atoms. The van der Waals surface area contributed by atoms with E-state index < -0.39 is 0 Å². The van der Waals surface area contributed by atoms with Gasteiger partial charge in [-0.25, -0.2) is 0 Å². The van der Waals surface area contributed by atoms with Crippen LogP contribution in [0.25, 0.3) is 0 Å². The number of hydrogen-bond donors (Lipinski definition) is 1. The van der Waals surface area contributed by atoms with Gasteiger partial charge in [-0.15, -0.1) is 0 Å². The maximum atomic E-state index is 9.14. The SMILES string of the molecule is CCn1c(CO)ccc1Cc1ccco1. The molecule has 0 aliphatic carbocycles. The zero-order valence-corrected chi connectivity index (χ0v) is 8.81. The fourth-order valence-corrected chi connectivity index (χ4v) is 1.85. The Morgan fingerprint density at radius 1 is 1.27 bits per heavy atom. The molecule has 0 aromatic carbocycles. The number of nitrogens with zero attached hydrogens (tertiary/aromatic N) is 1. The Bertz CT molecular complexity index is 415. The predicted octanol–water partition coefficient (Wildman–Crippen LogP) is 2.18. The summed E-state index contributed by atoms with van der Waals surface area (Å²) in [4.78, 5) is 0. The second-order valence-electron chi connectivity index (χ2n) is 3.47. The van der Waals surface area contributed by atoms with E-state index in [2.05, 4.69) is 11.5 Å². The maximum absolute atomic E-state index is 9.14. The van der Waals surface area contributed by atoms with Crippen molar-refractivity contribution in [3.63, 3.8) is 0 Å². The Morgan fingerprint density at radius 2 is 2.07 bits per heavy atom. The average molecular weight is 205 g/mol. The van der Waals surface area contributed by atoms with Gasteiger partial charge >= 0.3 is 0 Å². The molecule has 0 saturated carbocycles. The Balaban J connectivity index is 2.24. The van der Waals surface area contributed by atoms with E-state index in [1.807, 2.05) is 24.3 Å². The van der Waals surface area contributed by atoms with Crippen LogP contribution in [0.5, 0.6) is 0 Å². The molecule has 2 rings (SSSR count). The molecule has 2 heterocycles. The standard InChI is InChI=1S/C12H15NO2/c1-2-13-10(5-6-11(13)9-14)8-12-4-3-7-15-12/h3-7,14H,2,8-9H2,1H3. The van der Waals surface area contributed by atoms with Crippen LogP contribution >= 0.6 is 0 Å². The monoisotopic (exact) mass is 205 g/mol. The fourth-order valence-electron chi connectivity index (χ4n) is 1.85. The lowest BCUT2D eigenvalue weighted by molar-refractivity contribution is 0.270. The van der Waals surface area contributed by atoms with Crippen LogP contribution < -0.4 is 0 Å². The number of aliphatic hydroxyl groups is 1. The molecule has 0 unspecified atom stereocenters. The third-order valence-electron chi connectivity index (χ3n) is 2.58. The summed E-state index contributed by atoms with van der Waals surface area (Å²) in [7, 11) is 0. The molecule has 0 atom stereocenters. The number of hydrogen-bond acceptors (Lipinski definition) is 2. The first-order valence-corrected chi connectivity index (χ1v) is 5.15. The van der Waals surface area contributed by atoms with Crippen LogP contribution in [0.15, 0.2) is 34.9 Å². The topological polar surface area (TPSA) is 38.3 Å². The molecule has 3 heteroatoms. The van der Waals surface area contributed by atoms with Gasteiger partial charge < -0.3 is 14.1 Å². The molecule has 0 spiro atoms. The van der Waals surface area contributed by atoms with Gasteiger partial charge in [0.25, 0.3) is 0 Å². The number of aromatic nitrogens is 1. The summed E-state index contributed by atoms with van der Waals surface area (Å²) in [5.41, 5.74) is 2.13. The van der Waals surface area contributed by atoms with Crippen LogP contribution in [0.3, 0.4) is 0 Å². The van der Waals surface area contributed by atoms with E-state index in [0.29, 0.717) is 0 Å². The van der Waals surface area contributed by atoms with Gasteiger partial charge in [0.15, 0.2) is 0 Å². The highest BCUT2D eigenvalue weighted by molar-refractivity contribution is 5.20. The average Bonchev–Trinajstić information content (AvgIpc) is 2.87. The van der Waals surface area contributed by atoms with Crippen LogP contribution in [0.2, 0.25) is 0 Å². The summed E-state index contributed by atoms with van der Waals surface area (Å²) in [5.74, 6) is 0.951. The molecule has 0 radical (unpaired) electrons. The maximum Gasteiger partial charge on any atom is 0.109 e. The minimum absolute atomic E-state index is 0.0893. The highest BCUT2D eigenvalue weighted by atomic mass is 16.3. The summed E-state index contributed by atoms with van der Waals surface area (Å²) in [6.07, 6.45) is 2.46. The second-order valence-corrected chi connectivity index (χ2v) is 3.47. The van der Waals surface area contributed by atoms with E-state index in [-0.39, 0.29) is 6.61 Å². The lowest BCUT2D eigenvalue weighted by Crippen LogP contribution is -2.05. The van der Waals surface area contributed by atoms with Gasteiger partial charge in [0.05, 0.1) is 12.9 Å². The van der Waals surface area contributed by atoms with Crippen molar-refractivity contribution in [3.05, 3.63) is 47.7 Å². The van der Waals surface area contributed by atoms with Crippen molar-refractivity contribution in [2.24, 2.45) is 0 Å². The minimum Gasteiger partial charge on any atom is -0.469 e. The molecule has 80 valence electrons. The molecule has 0 aliphatic rings. The van der Waals surface area contributed by atoms with Crippen LogP contribution in [-0.2, 0) is 19.6 Å². The first kappa shape index (κ1) is 10.1. The van der Waals surface area contributed by atoms with Gasteiger partial charge in [0, 0.05) is 24.4 Å². The van der Waals surface area contributed by atoms with Crippen molar-refractivity contribution in [1.29, 1.82) is 0 Å². The fraction of sp³-hybridized carbons (Fsp3) is 0.333. The third-order valence-corrected chi connectivity index (χ3v) is 2.58. The van der Waals surface area contributed by atoms with Gasteiger partial charge in [0.2, 0.25) is 0 Å². The summed E-state index contributed by atoms with van der Waals surface area (Å²) in [6, 6.07) is 7.85. The van der Waals surface area contributed by atoms with Gasteiger partial charge in [-0.05, 0) is 31.2 Å². The Morgan fingerprint density at radius 3 is 2.67 bits per heavy atom. The molecule has 0 bridgehead atoms. The molecule has 1 N–H and O–H groups in total. The molecule has 3 nitrogen and oxygen atoms in total. The van der Waals surface area contributed by atoms with Crippen molar-refractivity contribution < 1.29 is 9.52 Å². The number of aliphatic hydroxyl groups excluding tert-OH is 1. The van der Waals surface area contributed by atoms with Crippen LogP contribution in [0.1, 0.15) is 24.1 Å². The summed E-state index contributed by atoms with van der Waals surface area (Å²) in [6.45, 7) is 3.04. The van der Waals surface area contributed by atoms with E-state index in [1.165, 1.54) is 5.69 Å². The van der Waals surface area contributed by atoms with Crippen molar-refractivity contribution in [2.75, 3.05) is 0 Å².